The van der Waals surface area contributed by atoms with E-state index in [1.54, 1.807) is 18.2 Å². The molecule has 1 amide bonds. The van der Waals surface area contributed by atoms with Crippen LogP contribution in [0.5, 0.6) is 0 Å². The van der Waals surface area contributed by atoms with Crippen molar-refractivity contribution >= 4 is 27.3 Å². The van der Waals surface area contributed by atoms with Gasteiger partial charge in [0.05, 0.1) is 18.0 Å². The van der Waals surface area contributed by atoms with Crippen LogP contribution in [0, 0.1) is 12.8 Å². The number of nitrogens with zero attached hydrogens (tertiary/aromatic N) is 2. The van der Waals surface area contributed by atoms with Crippen LogP contribution in [0.1, 0.15) is 43.9 Å². The molecule has 2 atom stereocenters. The van der Waals surface area contributed by atoms with Gasteiger partial charge < -0.3 is 10.2 Å². The van der Waals surface area contributed by atoms with Gasteiger partial charge in [-0.3, -0.25) is 9.10 Å². The lowest BCUT2D eigenvalue weighted by atomic mass is 9.99. The standard InChI is InChI=1S/C24H33N3O3S/c1-18-7-5-9-23(15-18)27(31(4,29)30)17-24(28)25-20(3)21-10-12-22(13-11-21)26-14-6-8-19(2)16-26/h5,7,9-13,15,19-20H,6,8,14,16-17H2,1-4H3,(H,25,28)/t19-,20+/m0/s1. The summed E-state index contributed by atoms with van der Waals surface area (Å²) < 4.78 is 25.7. The van der Waals surface area contributed by atoms with E-state index in [2.05, 4.69) is 29.3 Å². The highest BCUT2D eigenvalue weighted by atomic mass is 32.2. The Labute approximate surface area is 186 Å². The highest BCUT2D eigenvalue weighted by molar-refractivity contribution is 7.92. The molecule has 0 radical (unpaired) electrons. The van der Waals surface area contributed by atoms with Crippen molar-refractivity contribution in [2.75, 3.05) is 35.1 Å². The van der Waals surface area contributed by atoms with Gasteiger partial charge in [-0.1, -0.05) is 31.2 Å². The molecular weight excluding hydrogens is 410 g/mol. The molecule has 1 heterocycles. The molecule has 0 aromatic heterocycles. The van der Waals surface area contributed by atoms with Crippen molar-refractivity contribution in [1.29, 1.82) is 0 Å². The Balaban J connectivity index is 1.65. The molecule has 31 heavy (non-hydrogen) atoms. The average Bonchev–Trinajstić information content (AvgIpc) is 2.71. The number of sulfonamides is 1. The molecular formula is C24H33N3O3S. The van der Waals surface area contributed by atoms with E-state index in [1.165, 1.54) is 18.5 Å². The smallest absolute Gasteiger partial charge is 0.241 e. The zero-order valence-corrected chi connectivity index (χ0v) is 19.7. The third kappa shape index (κ3) is 6.23. The maximum Gasteiger partial charge on any atom is 0.241 e. The molecule has 0 saturated carbocycles. The van der Waals surface area contributed by atoms with Crippen LogP contribution in [0.3, 0.4) is 0 Å². The molecule has 1 aliphatic rings. The molecule has 168 valence electrons. The minimum atomic E-state index is -3.59. The van der Waals surface area contributed by atoms with Gasteiger partial charge in [-0.25, -0.2) is 8.42 Å². The molecule has 3 rings (SSSR count). The zero-order valence-electron chi connectivity index (χ0n) is 18.8. The van der Waals surface area contributed by atoms with E-state index in [1.807, 2.05) is 32.0 Å². The van der Waals surface area contributed by atoms with Gasteiger partial charge in [0.25, 0.3) is 0 Å². The molecule has 2 aromatic rings. The largest absolute Gasteiger partial charge is 0.371 e. The van der Waals surface area contributed by atoms with E-state index in [-0.39, 0.29) is 18.5 Å². The van der Waals surface area contributed by atoms with E-state index in [0.717, 1.165) is 34.8 Å². The van der Waals surface area contributed by atoms with Gasteiger partial charge in [0.1, 0.15) is 6.54 Å². The Hall–Kier alpha value is -2.54. The van der Waals surface area contributed by atoms with Crippen molar-refractivity contribution in [2.24, 2.45) is 5.92 Å². The summed E-state index contributed by atoms with van der Waals surface area (Å²) in [5, 5.41) is 2.93. The van der Waals surface area contributed by atoms with Gasteiger partial charge in [-0.05, 0) is 68.0 Å². The number of aryl methyl sites for hydroxylation is 1. The number of amides is 1. The lowest BCUT2D eigenvalue weighted by Gasteiger charge is -2.33. The van der Waals surface area contributed by atoms with Crippen LogP contribution in [-0.2, 0) is 14.8 Å². The van der Waals surface area contributed by atoms with Crippen LogP contribution in [0.15, 0.2) is 48.5 Å². The first kappa shape index (κ1) is 23.1. The Morgan fingerprint density at radius 3 is 2.55 bits per heavy atom. The van der Waals surface area contributed by atoms with Crippen molar-refractivity contribution in [3.63, 3.8) is 0 Å². The van der Waals surface area contributed by atoms with Gasteiger partial charge in [-0.15, -0.1) is 0 Å². The Morgan fingerprint density at radius 2 is 1.94 bits per heavy atom. The number of nitrogens with one attached hydrogen (secondary N) is 1. The summed E-state index contributed by atoms with van der Waals surface area (Å²) in [5.41, 5.74) is 3.62. The number of carbonyl (C=O) groups is 1. The Kier molecular flexibility index (Phi) is 7.26. The first-order valence-electron chi connectivity index (χ1n) is 10.8. The van der Waals surface area contributed by atoms with Crippen molar-refractivity contribution in [2.45, 2.75) is 39.7 Å². The molecule has 6 nitrogen and oxygen atoms in total. The highest BCUT2D eigenvalue weighted by Crippen LogP contribution is 2.25. The summed E-state index contributed by atoms with van der Waals surface area (Å²) in [5.74, 6) is 0.367. The van der Waals surface area contributed by atoms with E-state index in [0.29, 0.717) is 11.6 Å². The Morgan fingerprint density at radius 1 is 1.23 bits per heavy atom. The third-order valence-corrected chi connectivity index (χ3v) is 6.91. The molecule has 1 aliphatic heterocycles. The fraction of sp³-hybridized carbons (Fsp3) is 0.458. The molecule has 7 heteroatoms. The summed E-state index contributed by atoms with van der Waals surface area (Å²) in [6, 6.07) is 15.2. The van der Waals surface area contributed by atoms with Crippen molar-refractivity contribution in [1.82, 2.24) is 5.32 Å². The van der Waals surface area contributed by atoms with E-state index in [4.69, 9.17) is 0 Å². The highest BCUT2D eigenvalue weighted by Gasteiger charge is 2.22. The average molecular weight is 444 g/mol. The maximum absolute atomic E-state index is 12.7. The number of benzene rings is 2. The van der Waals surface area contributed by atoms with Crippen LogP contribution in [0.4, 0.5) is 11.4 Å². The first-order chi connectivity index (χ1) is 14.6. The minimum Gasteiger partial charge on any atom is -0.371 e. The summed E-state index contributed by atoms with van der Waals surface area (Å²) in [6.07, 6.45) is 3.62. The fourth-order valence-electron chi connectivity index (χ4n) is 4.08. The van der Waals surface area contributed by atoms with Crippen molar-refractivity contribution < 1.29 is 13.2 Å². The number of rotatable bonds is 7. The number of anilines is 2. The SMILES string of the molecule is Cc1cccc(N(CC(=O)N[C@H](C)c2ccc(N3CCC[C@H](C)C3)cc2)S(C)(=O)=O)c1. The molecule has 0 spiro atoms. The van der Waals surface area contributed by atoms with E-state index >= 15 is 0 Å². The van der Waals surface area contributed by atoms with Gasteiger partial charge in [-0.2, -0.15) is 0 Å². The van der Waals surface area contributed by atoms with Gasteiger partial charge in [0, 0.05) is 18.8 Å². The molecule has 1 N–H and O–H groups in total. The summed E-state index contributed by atoms with van der Waals surface area (Å²) in [4.78, 5) is 15.1. The third-order valence-electron chi connectivity index (χ3n) is 5.77. The van der Waals surface area contributed by atoms with Crippen LogP contribution in [-0.4, -0.2) is 40.2 Å². The zero-order chi connectivity index (χ0) is 22.6. The van der Waals surface area contributed by atoms with Crippen LogP contribution < -0.4 is 14.5 Å². The molecule has 1 saturated heterocycles. The number of hydrogen-bond acceptors (Lipinski definition) is 4. The summed E-state index contributed by atoms with van der Waals surface area (Å²) in [7, 11) is -3.59. The van der Waals surface area contributed by atoms with E-state index in [9.17, 15) is 13.2 Å². The first-order valence-corrected chi connectivity index (χ1v) is 12.7. The molecule has 1 fully saturated rings. The summed E-state index contributed by atoms with van der Waals surface area (Å²) in [6.45, 7) is 7.99. The summed E-state index contributed by atoms with van der Waals surface area (Å²) >= 11 is 0. The fourth-order valence-corrected chi connectivity index (χ4v) is 4.93. The predicted octanol–water partition coefficient (Wildman–Crippen LogP) is 3.87. The molecule has 2 aromatic carbocycles. The van der Waals surface area contributed by atoms with Crippen LogP contribution in [0.2, 0.25) is 0 Å². The van der Waals surface area contributed by atoms with Gasteiger partial charge >= 0.3 is 0 Å². The lowest BCUT2D eigenvalue weighted by Crippen LogP contribution is -2.41. The molecule has 0 aliphatic carbocycles. The van der Waals surface area contributed by atoms with Crippen LogP contribution >= 0.6 is 0 Å². The number of hydrogen-bond donors (Lipinski definition) is 1. The van der Waals surface area contributed by atoms with E-state index < -0.39 is 10.0 Å². The molecule has 0 bridgehead atoms. The van der Waals surface area contributed by atoms with Crippen LogP contribution in [0.25, 0.3) is 0 Å². The van der Waals surface area contributed by atoms with Crippen molar-refractivity contribution in [3.05, 3.63) is 59.7 Å². The van der Waals surface area contributed by atoms with Crippen molar-refractivity contribution in [3.8, 4) is 0 Å². The minimum absolute atomic E-state index is 0.222. The molecule has 0 unspecified atom stereocenters. The maximum atomic E-state index is 12.7. The normalized spacial score (nSPS) is 17.8. The predicted molar refractivity (Wildman–Crippen MR) is 127 cm³/mol. The Bertz CT molecular complexity index is 1000. The second-order valence-electron chi connectivity index (χ2n) is 8.68. The quantitative estimate of drug-likeness (QED) is 0.705. The monoisotopic (exact) mass is 443 g/mol. The number of piperidine rings is 1. The topological polar surface area (TPSA) is 69.7 Å². The lowest BCUT2D eigenvalue weighted by molar-refractivity contribution is -0.120. The second kappa shape index (κ2) is 9.73. The number of carbonyl (C=O) groups excluding carboxylic acids is 1. The van der Waals surface area contributed by atoms with Gasteiger partial charge in [0.2, 0.25) is 15.9 Å². The second-order valence-corrected chi connectivity index (χ2v) is 10.6. The van der Waals surface area contributed by atoms with Gasteiger partial charge in [0.15, 0.2) is 0 Å².